The smallest absolute Gasteiger partial charge is 0.165 e. The number of aliphatic hydroxyl groups is 2. The normalized spacial score (nSPS) is 23.2. The molecule has 2 aromatic rings. The molecule has 41 heavy (non-hydrogen) atoms. The number of phenols is 2. The maximum absolute atomic E-state index is 10.7. The predicted octanol–water partition coefficient (Wildman–Crippen LogP) is 7.42. The number of rotatable bonds is 13. The van der Waals surface area contributed by atoms with Gasteiger partial charge >= 0.3 is 0 Å². The summed E-state index contributed by atoms with van der Waals surface area (Å²) in [6.07, 6.45) is 15.2. The standard InChI is InChI=1S/C35H50O6/c1-34(2)31-23-26-19-24(22-30(40-4)33(26)41-35(31,3)17-16-32(34)39)14-15-25-20-28(37)27(29(38)21-25)13-11-9-7-5-6-8-10-12-18-36/h14-15,19-22,31-32,36-39H,5-13,16-18,23H2,1-4H3/b15-14+/t31-,32-,35-/m1/s1. The Hall–Kier alpha value is -2.70. The highest BCUT2D eigenvalue weighted by molar-refractivity contribution is 5.73. The zero-order chi connectivity index (χ0) is 29.6. The van der Waals surface area contributed by atoms with Gasteiger partial charge in [-0.3, -0.25) is 0 Å². The van der Waals surface area contributed by atoms with Crippen molar-refractivity contribution < 1.29 is 29.9 Å². The van der Waals surface area contributed by atoms with Crippen LogP contribution in [0.1, 0.15) is 107 Å². The summed E-state index contributed by atoms with van der Waals surface area (Å²) in [5, 5.41) is 40.9. The average molecular weight is 567 g/mol. The third-order valence-corrected chi connectivity index (χ3v) is 9.57. The summed E-state index contributed by atoms with van der Waals surface area (Å²) in [5.41, 5.74) is 2.74. The first-order valence-electron chi connectivity index (χ1n) is 15.5. The van der Waals surface area contributed by atoms with Crippen molar-refractivity contribution in [2.24, 2.45) is 11.3 Å². The molecule has 1 aliphatic heterocycles. The molecule has 0 spiro atoms. The van der Waals surface area contributed by atoms with Crippen molar-refractivity contribution in [1.29, 1.82) is 0 Å². The first-order chi connectivity index (χ1) is 19.6. The van der Waals surface area contributed by atoms with E-state index in [9.17, 15) is 15.3 Å². The van der Waals surface area contributed by atoms with E-state index in [2.05, 4.69) is 26.8 Å². The number of fused-ring (bicyclic) bond motifs is 2. The average Bonchev–Trinajstić information content (AvgIpc) is 2.93. The molecule has 0 unspecified atom stereocenters. The number of unbranched alkanes of at least 4 members (excludes halogenated alkanes) is 7. The lowest BCUT2D eigenvalue weighted by Crippen LogP contribution is -2.58. The van der Waals surface area contributed by atoms with Crippen LogP contribution < -0.4 is 9.47 Å². The molecule has 0 radical (unpaired) electrons. The van der Waals surface area contributed by atoms with Crippen LogP contribution in [0.15, 0.2) is 24.3 Å². The second kappa shape index (κ2) is 13.5. The third kappa shape index (κ3) is 7.21. The minimum atomic E-state index is -0.355. The summed E-state index contributed by atoms with van der Waals surface area (Å²) in [6, 6.07) is 7.50. The molecule has 2 aliphatic rings. The minimum Gasteiger partial charge on any atom is -0.508 e. The van der Waals surface area contributed by atoms with E-state index in [0.717, 1.165) is 73.8 Å². The number of aliphatic hydroxyl groups excluding tert-OH is 2. The summed E-state index contributed by atoms with van der Waals surface area (Å²) < 4.78 is 12.4. The van der Waals surface area contributed by atoms with Gasteiger partial charge in [-0.05, 0) is 91.8 Å². The van der Waals surface area contributed by atoms with Crippen molar-refractivity contribution in [1.82, 2.24) is 0 Å². The predicted molar refractivity (Wildman–Crippen MR) is 165 cm³/mol. The van der Waals surface area contributed by atoms with E-state index in [0.29, 0.717) is 17.7 Å². The van der Waals surface area contributed by atoms with E-state index >= 15 is 0 Å². The molecule has 4 rings (SSSR count). The highest BCUT2D eigenvalue weighted by Gasteiger charge is 2.54. The van der Waals surface area contributed by atoms with Gasteiger partial charge in [-0.15, -0.1) is 0 Å². The fraction of sp³-hybridized carbons (Fsp3) is 0.600. The Morgan fingerprint density at radius 3 is 2.07 bits per heavy atom. The van der Waals surface area contributed by atoms with Crippen LogP contribution in [-0.4, -0.2) is 45.8 Å². The van der Waals surface area contributed by atoms with Gasteiger partial charge in [0.25, 0.3) is 0 Å². The SMILES string of the molecule is COc1cc(/C=C/c2cc(O)c(CCCCCCCCCCO)c(O)c2)cc2c1O[C@]1(C)CC[C@@H](O)C(C)(C)[C@H]1C2. The van der Waals surface area contributed by atoms with Crippen molar-refractivity contribution in [3.8, 4) is 23.0 Å². The Bertz CT molecular complexity index is 1180. The van der Waals surface area contributed by atoms with Crippen LogP contribution in [-0.2, 0) is 12.8 Å². The Balaban J connectivity index is 1.42. The van der Waals surface area contributed by atoms with Crippen molar-refractivity contribution in [2.45, 2.75) is 110 Å². The third-order valence-electron chi connectivity index (χ3n) is 9.57. The fourth-order valence-corrected chi connectivity index (χ4v) is 6.92. The van der Waals surface area contributed by atoms with Crippen molar-refractivity contribution in [3.05, 3.63) is 46.5 Å². The molecule has 1 fully saturated rings. The van der Waals surface area contributed by atoms with E-state index in [1.165, 1.54) is 19.3 Å². The zero-order valence-electron chi connectivity index (χ0n) is 25.4. The van der Waals surface area contributed by atoms with Crippen LogP contribution in [0.2, 0.25) is 0 Å². The molecule has 0 bridgehead atoms. The van der Waals surface area contributed by atoms with Crippen LogP contribution in [0.4, 0.5) is 0 Å². The van der Waals surface area contributed by atoms with Gasteiger partial charge in [-0.25, -0.2) is 0 Å². The Kier molecular flexibility index (Phi) is 10.3. The first-order valence-corrected chi connectivity index (χ1v) is 15.5. The lowest BCUT2D eigenvalue weighted by molar-refractivity contribution is -0.138. The highest BCUT2D eigenvalue weighted by atomic mass is 16.5. The van der Waals surface area contributed by atoms with E-state index in [-0.39, 0.29) is 41.1 Å². The zero-order valence-corrected chi connectivity index (χ0v) is 25.4. The lowest BCUT2D eigenvalue weighted by atomic mass is 9.57. The number of methoxy groups -OCH3 is 1. The summed E-state index contributed by atoms with van der Waals surface area (Å²) in [6.45, 7) is 6.72. The topological polar surface area (TPSA) is 99.4 Å². The van der Waals surface area contributed by atoms with Crippen LogP contribution in [0.25, 0.3) is 12.2 Å². The molecule has 0 saturated heterocycles. The van der Waals surface area contributed by atoms with Gasteiger partial charge in [0.05, 0.1) is 13.2 Å². The molecule has 6 heteroatoms. The Morgan fingerprint density at radius 1 is 0.878 bits per heavy atom. The van der Waals surface area contributed by atoms with Crippen LogP contribution in [0.3, 0.4) is 0 Å². The number of hydrogen-bond acceptors (Lipinski definition) is 6. The van der Waals surface area contributed by atoms with Gasteiger partial charge in [0.2, 0.25) is 0 Å². The van der Waals surface area contributed by atoms with E-state index < -0.39 is 0 Å². The molecule has 1 aliphatic carbocycles. The molecular formula is C35H50O6. The monoisotopic (exact) mass is 566 g/mol. The van der Waals surface area contributed by atoms with E-state index in [4.69, 9.17) is 14.6 Å². The van der Waals surface area contributed by atoms with Crippen molar-refractivity contribution in [2.75, 3.05) is 13.7 Å². The number of benzene rings is 2. The summed E-state index contributed by atoms with van der Waals surface area (Å²) in [5.74, 6) is 1.91. The summed E-state index contributed by atoms with van der Waals surface area (Å²) >= 11 is 0. The lowest BCUT2D eigenvalue weighted by Gasteiger charge is -2.55. The van der Waals surface area contributed by atoms with Crippen LogP contribution >= 0.6 is 0 Å². The second-order valence-corrected chi connectivity index (χ2v) is 12.9. The maximum atomic E-state index is 10.7. The fourth-order valence-electron chi connectivity index (χ4n) is 6.92. The second-order valence-electron chi connectivity index (χ2n) is 12.9. The first kappa shape index (κ1) is 31.2. The van der Waals surface area contributed by atoms with Gasteiger partial charge in [0, 0.05) is 18.1 Å². The van der Waals surface area contributed by atoms with Crippen LogP contribution in [0.5, 0.6) is 23.0 Å². The van der Waals surface area contributed by atoms with Crippen molar-refractivity contribution >= 4 is 12.2 Å². The molecule has 0 aromatic heterocycles. The number of ether oxygens (including phenoxy) is 2. The Labute approximate surface area is 246 Å². The van der Waals surface area contributed by atoms with E-state index in [1.54, 1.807) is 19.2 Å². The van der Waals surface area contributed by atoms with Gasteiger partial charge < -0.3 is 29.9 Å². The summed E-state index contributed by atoms with van der Waals surface area (Å²) in [4.78, 5) is 0. The van der Waals surface area contributed by atoms with Gasteiger partial charge in [-0.2, -0.15) is 0 Å². The molecule has 0 amide bonds. The molecule has 6 nitrogen and oxygen atoms in total. The van der Waals surface area contributed by atoms with E-state index in [1.807, 2.05) is 18.2 Å². The molecule has 3 atom stereocenters. The number of hydrogen-bond donors (Lipinski definition) is 4. The van der Waals surface area contributed by atoms with Crippen LogP contribution in [0, 0.1) is 11.3 Å². The Morgan fingerprint density at radius 2 is 1.46 bits per heavy atom. The van der Waals surface area contributed by atoms with Gasteiger partial charge in [-0.1, -0.05) is 64.5 Å². The number of phenolic OH excluding ortho intramolecular Hbond substituents is 2. The highest BCUT2D eigenvalue weighted by Crippen LogP contribution is 2.55. The molecule has 226 valence electrons. The number of aromatic hydroxyl groups is 2. The molecule has 2 aromatic carbocycles. The summed E-state index contributed by atoms with van der Waals surface area (Å²) in [7, 11) is 1.66. The van der Waals surface area contributed by atoms with Crippen molar-refractivity contribution in [3.63, 3.8) is 0 Å². The largest absolute Gasteiger partial charge is 0.508 e. The molecule has 1 heterocycles. The minimum absolute atomic E-state index is 0.127. The molecule has 4 N–H and O–H groups in total. The quantitative estimate of drug-likeness (QED) is 0.149. The maximum Gasteiger partial charge on any atom is 0.165 e. The molecular weight excluding hydrogens is 516 g/mol. The van der Waals surface area contributed by atoms with Gasteiger partial charge in [0.15, 0.2) is 11.5 Å². The molecule has 1 saturated carbocycles. The van der Waals surface area contributed by atoms with Gasteiger partial charge in [0.1, 0.15) is 17.1 Å².